The third-order valence-corrected chi connectivity index (χ3v) is 3.59. The number of aryl methyl sites for hydroxylation is 1. The first kappa shape index (κ1) is 18.0. The average molecular weight is 329 g/mol. The van der Waals surface area contributed by atoms with Crippen molar-refractivity contribution in [2.24, 2.45) is 0 Å². The highest BCUT2D eigenvalue weighted by molar-refractivity contribution is 5.42. The van der Waals surface area contributed by atoms with Gasteiger partial charge in [-0.05, 0) is 39.1 Å². The van der Waals surface area contributed by atoms with E-state index in [2.05, 4.69) is 45.7 Å². The van der Waals surface area contributed by atoms with Crippen LogP contribution in [0, 0.1) is 6.92 Å². The monoisotopic (exact) mass is 329 g/mol. The summed E-state index contributed by atoms with van der Waals surface area (Å²) in [7, 11) is 5.80. The molecule has 0 aliphatic heterocycles. The number of rotatable bonds is 9. The van der Waals surface area contributed by atoms with Crippen LogP contribution in [0.3, 0.4) is 0 Å². The van der Waals surface area contributed by atoms with Crippen LogP contribution in [0.4, 0.5) is 11.8 Å². The smallest absolute Gasteiger partial charge is 0.224 e. The molecular weight excluding hydrogens is 302 g/mol. The molecule has 2 rings (SSSR count). The fraction of sp³-hybridized carbons (Fsp3) is 0.444. The molecule has 0 radical (unpaired) electrons. The van der Waals surface area contributed by atoms with E-state index in [-0.39, 0.29) is 0 Å². The Morgan fingerprint density at radius 2 is 1.88 bits per heavy atom. The van der Waals surface area contributed by atoms with E-state index < -0.39 is 0 Å². The van der Waals surface area contributed by atoms with Crippen LogP contribution in [-0.2, 0) is 6.42 Å². The van der Waals surface area contributed by atoms with Crippen molar-refractivity contribution < 1.29 is 4.74 Å². The fourth-order valence-corrected chi connectivity index (χ4v) is 2.36. The van der Waals surface area contributed by atoms with E-state index >= 15 is 0 Å². The van der Waals surface area contributed by atoms with E-state index in [0.29, 0.717) is 5.95 Å². The Balaban J connectivity index is 1.91. The Kier molecular flexibility index (Phi) is 6.81. The van der Waals surface area contributed by atoms with Crippen molar-refractivity contribution in [1.29, 1.82) is 0 Å². The van der Waals surface area contributed by atoms with Crippen molar-refractivity contribution in [3.05, 3.63) is 41.6 Å². The van der Waals surface area contributed by atoms with Gasteiger partial charge in [-0.2, -0.15) is 4.98 Å². The molecule has 0 unspecified atom stereocenters. The van der Waals surface area contributed by atoms with Gasteiger partial charge in [0.2, 0.25) is 5.95 Å². The van der Waals surface area contributed by atoms with Crippen LogP contribution in [0.1, 0.15) is 11.3 Å². The van der Waals surface area contributed by atoms with Gasteiger partial charge in [-0.25, -0.2) is 4.98 Å². The van der Waals surface area contributed by atoms with Crippen molar-refractivity contribution >= 4 is 11.8 Å². The first-order valence-corrected chi connectivity index (χ1v) is 8.18. The Bertz CT molecular complexity index is 645. The summed E-state index contributed by atoms with van der Waals surface area (Å²) in [6, 6.07) is 10.0. The normalized spacial score (nSPS) is 10.7. The molecule has 0 saturated carbocycles. The number of para-hydroxylation sites is 1. The Morgan fingerprint density at radius 1 is 1.08 bits per heavy atom. The van der Waals surface area contributed by atoms with E-state index in [1.54, 1.807) is 7.11 Å². The van der Waals surface area contributed by atoms with Gasteiger partial charge in [0, 0.05) is 31.4 Å². The number of nitrogens with zero attached hydrogens (tertiary/aromatic N) is 3. The lowest BCUT2D eigenvalue weighted by Crippen LogP contribution is -2.21. The van der Waals surface area contributed by atoms with Gasteiger partial charge in [-0.15, -0.1) is 0 Å². The molecule has 0 spiro atoms. The quantitative estimate of drug-likeness (QED) is 0.737. The molecule has 6 nitrogen and oxygen atoms in total. The SMILES string of the molecule is COc1ccccc1CCNc1nc(C)cc(NCCN(C)C)n1. The Labute approximate surface area is 144 Å². The first-order chi connectivity index (χ1) is 11.6. The largest absolute Gasteiger partial charge is 0.496 e. The maximum atomic E-state index is 5.38. The number of likely N-dealkylation sites (N-methyl/N-ethyl adjacent to an activating group) is 1. The van der Waals surface area contributed by atoms with Crippen LogP contribution in [0.15, 0.2) is 30.3 Å². The Morgan fingerprint density at radius 3 is 2.62 bits per heavy atom. The van der Waals surface area contributed by atoms with Crippen molar-refractivity contribution in [1.82, 2.24) is 14.9 Å². The summed E-state index contributed by atoms with van der Waals surface area (Å²) in [6.45, 7) is 4.54. The molecule has 0 fully saturated rings. The lowest BCUT2D eigenvalue weighted by molar-refractivity contribution is 0.410. The molecule has 2 aromatic rings. The third-order valence-electron chi connectivity index (χ3n) is 3.59. The molecule has 0 aliphatic rings. The number of anilines is 2. The highest BCUT2D eigenvalue weighted by Crippen LogP contribution is 2.18. The predicted molar refractivity (Wildman–Crippen MR) is 99.0 cm³/mol. The summed E-state index contributed by atoms with van der Waals surface area (Å²) in [5, 5.41) is 6.63. The van der Waals surface area contributed by atoms with Gasteiger partial charge in [0.05, 0.1) is 7.11 Å². The van der Waals surface area contributed by atoms with E-state index in [9.17, 15) is 0 Å². The second-order valence-corrected chi connectivity index (χ2v) is 5.94. The van der Waals surface area contributed by atoms with E-state index in [1.165, 1.54) is 5.56 Å². The predicted octanol–water partition coefficient (Wildman–Crippen LogP) is 2.42. The number of hydrogen-bond donors (Lipinski definition) is 2. The minimum Gasteiger partial charge on any atom is -0.496 e. The van der Waals surface area contributed by atoms with E-state index in [1.807, 2.05) is 31.2 Å². The molecule has 0 saturated heterocycles. The second-order valence-electron chi connectivity index (χ2n) is 5.94. The van der Waals surface area contributed by atoms with Crippen LogP contribution >= 0.6 is 0 Å². The molecule has 2 N–H and O–H groups in total. The molecule has 0 atom stereocenters. The number of methoxy groups -OCH3 is 1. The van der Waals surface area contributed by atoms with Gasteiger partial charge in [0.1, 0.15) is 11.6 Å². The van der Waals surface area contributed by atoms with Crippen molar-refractivity contribution in [3.63, 3.8) is 0 Å². The summed E-state index contributed by atoms with van der Waals surface area (Å²) in [4.78, 5) is 11.1. The highest BCUT2D eigenvalue weighted by Gasteiger charge is 2.04. The number of hydrogen-bond acceptors (Lipinski definition) is 6. The second kappa shape index (κ2) is 9.08. The van der Waals surface area contributed by atoms with Gasteiger partial charge >= 0.3 is 0 Å². The van der Waals surface area contributed by atoms with Gasteiger partial charge in [0.25, 0.3) is 0 Å². The molecule has 0 bridgehead atoms. The van der Waals surface area contributed by atoms with Gasteiger partial charge < -0.3 is 20.3 Å². The maximum absolute atomic E-state index is 5.38. The number of benzene rings is 1. The first-order valence-electron chi connectivity index (χ1n) is 8.18. The minimum atomic E-state index is 0.650. The van der Waals surface area contributed by atoms with Crippen molar-refractivity contribution in [2.45, 2.75) is 13.3 Å². The summed E-state index contributed by atoms with van der Waals surface area (Å²) in [5.74, 6) is 2.41. The molecule has 24 heavy (non-hydrogen) atoms. The molecule has 1 aromatic heterocycles. The Hall–Kier alpha value is -2.34. The fourth-order valence-electron chi connectivity index (χ4n) is 2.36. The van der Waals surface area contributed by atoms with Gasteiger partial charge in [0.15, 0.2) is 0 Å². The lowest BCUT2D eigenvalue weighted by atomic mass is 10.1. The third kappa shape index (κ3) is 5.70. The summed E-state index contributed by atoms with van der Waals surface area (Å²) >= 11 is 0. The van der Waals surface area contributed by atoms with Crippen molar-refractivity contribution in [3.8, 4) is 5.75 Å². The van der Waals surface area contributed by atoms with Crippen molar-refractivity contribution in [2.75, 3.05) is 51.5 Å². The number of aromatic nitrogens is 2. The molecular formula is C18H27N5O. The zero-order valence-corrected chi connectivity index (χ0v) is 15.0. The van der Waals surface area contributed by atoms with Crippen LogP contribution in [0.2, 0.25) is 0 Å². The van der Waals surface area contributed by atoms with E-state index in [0.717, 1.165) is 43.3 Å². The van der Waals surface area contributed by atoms with Gasteiger partial charge in [-0.1, -0.05) is 18.2 Å². The van der Waals surface area contributed by atoms with Crippen LogP contribution in [0.5, 0.6) is 5.75 Å². The van der Waals surface area contributed by atoms with Crippen LogP contribution in [-0.4, -0.2) is 55.7 Å². The summed E-state index contributed by atoms with van der Waals surface area (Å²) in [6.07, 6.45) is 0.852. The van der Waals surface area contributed by atoms with Crippen LogP contribution in [0.25, 0.3) is 0 Å². The zero-order chi connectivity index (χ0) is 17.4. The standard InChI is InChI=1S/C18H27N5O/c1-14-13-17(19-11-12-23(2)3)22-18(21-14)20-10-9-15-7-5-6-8-16(15)24-4/h5-8,13H,9-12H2,1-4H3,(H2,19,20,21,22). The average Bonchev–Trinajstić information content (AvgIpc) is 2.54. The molecule has 1 heterocycles. The lowest BCUT2D eigenvalue weighted by Gasteiger charge is -2.13. The molecule has 0 aliphatic carbocycles. The molecule has 130 valence electrons. The summed E-state index contributed by atoms with van der Waals surface area (Å²) in [5.41, 5.74) is 2.11. The number of nitrogens with one attached hydrogen (secondary N) is 2. The van der Waals surface area contributed by atoms with Crippen LogP contribution < -0.4 is 15.4 Å². The zero-order valence-electron chi connectivity index (χ0n) is 15.0. The minimum absolute atomic E-state index is 0.650. The van der Waals surface area contributed by atoms with E-state index in [4.69, 9.17) is 4.74 Å². The van der Waals surface area contributed by atoms with Gasteiger partial charge in [-0.3, -0.25) is 0 Å². The topological polar surface area (TPSA) is 62.3 Å². The maximum Gasteiger partial charge on any atom is 0.224 e. The number of ether oxygens (including phenoxy) is 1. The summed E-state index contributed by atoms with van der Waals surface area (Å²) < 4.78 is 5.38. The molecule has 0 amide bonds. The molecule has 1 aromatic carbocycles. The highest BCUT2D eigenvalue weighted by atomic mass is 16.5. The molecule has 6 heteroatoms.